The maximum absolute atomic E-state index is 12.2. The van der Waals surface area contributed by atoms with Crippen LogP contribution in [0, 0.1) is 3.57 Å². The second-order valence-corrected chi connectivity index (χ2v) is 8.42. The number of ether oxygens (including phenoxy) is 2. The summed E-state index contributed by atoms with van der Waals surface area (Å²) in [4.78, 5) is 12.2. The van der Waals surface area contributed by atoms with Crippen LogP contribution in [0.4, 0.5) is 0 Å². The summed E-state index contributed by atoms with van der Waals surface area (Å²) >= 11 is 14.0. The highest BCUT2D eigenvalue weighted by Crippen LogP contribution is 2.34. The van der Waals surface area contributed by atoms with E-state index in [9.17, 15) is 4.79 Å². The molecule has 3 aromatic carbocycles. The van der Waals surface area contributed by atoms with Gasteiger partial charge in [0, 0.05) is 15.6 Å². The van der Waals surface area contributed by atoms with Crippen molar-refractivity contribution in [1.29, 1.82) is 0 Å². The molecule has 0 aliphatic heterocycles. The number of carbonyl (C=O) groups is 1. The van der Waals surface area contributed by atoms with Crippen molar-refractivity contribution in [3.05, 3.63) is 91.0 Å². The van der Waals surface area contributed by atoms with Gasteiger partial charge in [0.15, 0.2) is 11.5 Å². The number of hydrogen-bond acceptors (Lipinski definition) is 4. The Bertz CT molecular complexity index is 1070. The molecule has 0 aromatic heterocycles. The molecule has 1 amide bonds. The summed E-state index contributed by atoms with van der Waals surface area (Å²) < 4.78 is 12.6. The van der Waals surface area contributed by atoms with Crippen LogP contribution >= 0.6 is 45.8 Å². The summed E-state index contributed by atoms with van der Waals surface area (Å²) in [6, 6.07) is 17.8. The van der Waals surface area contributed by atoms with E-state index in [4.69, 9.17) is 32.7 Å². The molecule has 0 saturated heterocycles. The lowest BCUT2D eigenvalue weighted by Crippen LogP contribution is -2.17. The number of amides is 1. The largest absolute Gasteiger partial charge is 0.490 e. The molecule has 0 saturated carbocycles. The van der Waals surface area contributed by atoms with Gasteiger partial charge in [-0.25, -0.2) is 5.43 Å². The van der Waals surface area contributed by atoms with Crippen molar-refractivity contribution in [1.82, 2.24) is 5.43 Å². The molecule has 3 aromatic rings. The Labute approximate surface area is 204 Å². The van der Waals surface area contributed by atoms with Gasteiger partial charge in [0.25, 0.3) is 5.91 Å². The molecular weight excluding hydrogens is 550 g/mol. The van der Waals surface area contributed by atoms with E-state index in [1.54, 1.807) is 30.5 Å². The predicted octanol–water partition coefficient (Wildman–Crippen LogP) is 6.34. The van der Waals surface area contributed by atoms with E-state index in [0.29, 0.717) is 40.3 Å². The first-order valence-corrected chi connectivity index (χ1v) is 11.2. The molecule has 3 rings (SSSR count). The highest BCUT2D eigenvalue weighted by molar-refractivity contribution is 14.1. The Morgan fingerprint density at radius 2 is 1.68 bits per heavy atom. The zero-order valence-corrected chi connectivity index (χ0v) is 20.2. The standard InChI is InChI=1S/C23H19Cl2IN2O3/c1-2-30-21-12-16(13-27-28-23(29)17-5-9-19(25)10-6-17)11-20(26)22(21)31-14-15-3-7-18(24)8-4-15/h3-13H,2,14H2,1H3,(H,28,29)/b27-13+. The second kappa shape index (κ2) is 11.4. The van der Waals surface area contributed by atoms with Crippen LogP contribution in [0.1, 0.15) is 28.4 Å². The zero-order valence-electron chi connectivity index (χ0n) is 16.6. The van der Waals surface area contributed by atoms with Crippen LogP contribution in [-0.4, -0.2) is 18.7 Å². The van der Waals surface area contributed by atoms with Crippen molar-refractivity contribution in [2.45, 2.75) is 13.5 Å². The molecule has 0 unspecified atom stereocenters. The molecule has 0 fully saturated rings. The minimum absolute atomic E-state index is 0.324. The Morgan fingerprint density at radius 3 is 2.32 bits per heavy atom. The minimum atomic E-state index is -0.324. The molecule has 31 heavy (non-hydrogen) atoms. The fourth-order valence-electron chi connectivity index (χ4n) is 2.63. The second-order valence-electron chi connectivity index (χ2n) is 6.38. The van der Waals surface area contributed by atoms with Crippen LogP contribution < -0.4 is 14.9 Å². The van der Waals surface area contributed by atoms with Gasteiger partial charge in [-0.15, -0.1) is 0 Å². The van der Waals surface area contributed by atoms with Crippen molar-refractivity contribution in [2.24, 2.45) is 5.10 Å². The average Bonchev–Trinajstić information content (AvgIpc) is 2.75. The molecule has 0 aliphatic carbocycles. The van der Waals surface area contributed by atoms with Gasteiger partial charge in [0.05, 0.1) is 16.4 Å². The lowest BCUT2D eigenvalue weighted by molar-refractivity contribution is 0.0955. The number of hydrogen-bond donors (Lipinski definition) is 1. The summed E-state index contributed by atoms with van der Waals surface area (Å²) in [5.41, 5.74) is 4.74. The normalized spacial score (nSPS) is 10.8. The van der Waals surface area contributed by atoms with Crippen LogP contribution in [-0.2, 0) is 6.61 Å². The molecule has 0 spiro atoms. The summed E-state index contributed by atoms with van der Waals surface area (Å²) in [6.45, 7) is 2.78. The lowest BCUT2D eigenvalue weighted by Gasteiger charge is -2.15. The average molecular weight is 569 g/mol. The predicted molar refractivity (Wildman–Crippen MR) is 133 cm³/mol. The van der Waals surface area contributed by atoms with Crippen LogP contribution in [0.15, 0.2) is 65.8 Å². The fraction of sp³-hybridized carbons (Fsp3) is 0.130. The first-order chi connectivity index (χ1) is 15.0. The smallest absolute Gasteiger partial charge is 0.271 e. The maximum atomic E-state index is 12.2. The molecule has 0 radical (unpaired) electrons. The summed E-state index contributed by atoms with van der Waals surface area (Å²) in [5.74, 6) is 0.934. The van der Waals surface area contributed by atoms with E-state index in [0.717, 1.165) is 14.7 Å². The Morgan fingerprint density at radius 1 is 1.03 bits per heavy atom. The molecule has 0 heterocycles. The van der Waals surface area contributed by atoms with Gasteiger partial charge < -0.3 is 9.47 Å². The lowest BCUT2D eigenvalue weighted by atomic mass is 10.2. The van der Waals surface area contributed by atoms with E-state index >= 15 is 0 Å². The molecule has 1 N–H and O–H groups in total. The van der Waals surface area contributed by atoms with Gasteiger partial charge in [0.1, 0.15) is 6.61 Å². The van der Waals surface area contributed by atoms with E-state index in [1.807, 2.05) is 43.3 Å². The topological polar surface area (TPSA) is 59.9 Å². The molecular formula is C23H19Cl2IN2O3. The fourth-order valence-corrected chi connectivity index (χ4v) is 3.67. The third kappa shape index (κ3) is 6.85. The number of halogens is 3. The quantitative estimate of drug-likeness (QED) is 0.196. The number of nitrogens with one attached hydrogen (secondary N) is 1. The van der Waals surface area contributed by atoms with E-state index in [2.05, 4.69) is 33.1 Å². The molecule has 0 aliphatic rings. The minimum Gasteiger partial charge on any atom is -0.490 e. The van der Waals surface area contributed by atoms with Gasteiger partial charge >= 0.3 is 0 Å². The molecule has 8 heteroatoms. The number of rotatable bonds is 8. The highest BCUT2D eigenvalue weighted by Gasteiger charge is 2.12. The van der Waals surface area contributed by atoms with Gasteiger partial charge in [-0.1, -0.05) is 35.3 Å². The van der Waals surface area contributed by atoms with Gasteiger partial charge in [-0.05, 0) is 89.2 Å². The van der Waals surface area contributed by atoms with Crippen molar-refractivity contribution < 1.29 is 14.3 Å². The van der Waals surface area contributed by atoms with Crippen LogP contribution in [0.5, 0.6) is 11.5 Å². The SMILES string of the molecule is CCOc1cc(/C=N/NC(=O)c2ccc(Cl)cc2)cc(I)c1OCc1ccc(Cl)cc1. The molecule has 5 nitrogen and oxygen atoms in total. The monoisotopic (exact) mass is 568 g/mol. The van der Waals surface area contributed by atoms with Crippen molar-refractivity contribution >= 4 is 57.9 Å². The van der Waals surface area contributed by atoms with Crippen molar-refractivity contribution in [2.75, 3.05) is 6.61 Å². The Kier molecular flexibility index (Phi) is 8.57. The van der Waals surface area contributed by atoms with Crippen molar-refractivity contribution in [3.63, 3.8) is 0 Å². The Hall–Kier alpha value is -2.29. The summed E-state index contributed by atoms with van der Waals surface area (Å²) in [7, 11) is 0. The van der Waals surface area contributed by atoms with E-state index < -0.39 is 0 Å². The first-order valence-electron chi connectivity index (χ1n) is 9.39. The molecule has 160 valence electrons. The maximum Gasteiger partial charge on any atom is 0.271 e. The molecule has 0 atom stereocenters. The Balaban J connectivity index is 1.71. The summed E-state index contributed by atoms with van der Waals surface area (Å²) in [5, 5.41) is 5.29. The zero-order chi connectivity index (χ0) is 22.2. The van der Waals surface area contributed by atoms with Crippen LogP contribution in [0.25, 0.3) is 0 Å². The summed E-state index contributed by atoms with van der Waals surface area (Å²) in [6.07, 6.45) is 1.56. The third-order valence-electron chi connectivity index (χ3n) is 4.11. The van der Waals surface area contributed by atoms with Gasteiger partial charge in [0.2, 0.25) is 0 Å². The number of benzene rings is 3. The first kappa shape index (κ1) is 23.4. The number of hydrazone groups is 1. The third-order valence-corrected chi connectivity index (χ3v) is 5.42. The number of nitrogens with zero attached hydrogens (tertiary/aromatic N) is 1. The van der Waals surface area contributed by atoms with E-state index in [-0.39, 0.29) is 5.91 Å². The van der Waals surface area contributed by atoms with Crippen LogP contribution in [0.3, 0.4) is 0 Å². The van der Waals surface area contributed by atoms with Crippen LogP contribution in [0.2, 0.25) is 10.0 Å². The molecule has 0 bridgehead atoms. The highest BCUT2D eigenvalue weighted by atomic mass is 127. The van der Waals surface area contributed by atoms with Crippen molar-refractivity contribution in [3.8, 4) is 11.5 Å². The van der Waals surface area contributed by atoms with E-state index in [1.165, 1.54) is 0 Å². The van der Waals surface area contributed by atoms with Gasteiger partial charge in [-0.2, -0.15) is 5.10 Å². The number of carbonyl (C=O) groups excluding carboxylic acids is 1. The van der Waals surface area contributed by atoms with Gasteiger partial charge in [-0.3, -0.25) is 4.79 Å².